The number of hydrogen-bond acceptors (Lipinski definition) is 3. The molecule has 122 valence electrons. The van der Waals surface area contributed by atoms with Crippen molar-refractivity contribution >= 4 is 33.1 Å². The first-order valence-corrected chi connectivity index (χ1v) is 8.19. The summed E-state index contributed by atoms with van der Waals surface area (Å²) in [5.74, 6) is 0.370. The van der Waals surface area contributed by atoms with Crippen molar-refractivity contribution in [1.29, 1.82) is 0 Å². The van der Waals surface area contributed by atoms with Crippen LogP contribution in [0.1, 0.15) is 6.92 Å². The van der Waals surface area contributed by atoms with Gasteiger partial charge in [-0.2, -0.15) is 9.37 Å². The molecule has 0 unspecified atom stereocenters. The zero-order valence-corrected chi connectivity index (χ0v) is 13.5. The molecule has 0 atom stereocenters. The quantitative estimate of drug-likeness (QED) is 0.420. The van der Waals surface area contributed by atoms with Crippen LogP contribution in [0, 0.1) is 5.95 Å². The van der Waals surface area contributed by atoms with E-state index in [1.165, 1.54) is 6.07 Å². The smallest absolute Gasteiger partial charge is 0.229 e. The van der Waals surface area contributed by atoms with Gasteiger partial charge in [-0.3, -0.25) is 0 Å². The monoisotopic (exact) mass is 331 g/mol. The van der Waals surface area contributed by atoms with Gasteiger partial charge in [0.25, 0.3) is 0 Å². The molecule has 0 N–H and O–H groups in total. The second-order valence-electron chi connectivity index (χ2n) is 5.97. The number of pyridine rings is 1. The SMILES string of the molecule is CCn1c(-c2ccc3oc4nc(F)ccc4c3c2)nc2ccccc21. The maximum absolute atomic E-state index is 13.3. The number of nitrogens with zero attached hydrogens (tertiary/aromatic N) is 3. The molecule has 3 aromatic heterocycles. The molecular formula is C20H14FN3O. The fraction of sp³-hybridized carbons (Fsp3) is 0.100. The molecule has 0 saturated heterocycles. The van der Waals surface area contributed by atoms with E-state index in [1.807, 2.05) is 36.4 Å². The summed E-state index contributed by atoms with van der Waals surface area (Å²) in [7, 11) is 0. The molecule has 0 aliphatic rings. The Balaban J connectivity index is 1.79. The Morgan fingerprint density at radius 2 is 1.88 bits per heavy atom. The molecule has 0 saturated carbocycles. The van der Waals surface area contributed by atoms with Gasteiger partial charge in [-0.05, 0) is 49.4 Å². The third kappa shape index (κ3) is 2.05. The molecule has 5 aromatic rings. The molecule has 0 aliphatic carbocycles. The second kappa shape index (κ2) is 5.14. The largest absolute Gasteiger partial charge is 0.438 e. The van der Waals surface area contributed by atoms with Crippen LogP contribution in [0.3, 0.4) is 0 Å². The Kier molecular flexibility index (Phi) is 2.91. The lowest BCUT2D eigenvalue weighted by Crippen LogP contribution is -1.97. The normalized spacial score (nSPS) is 11.8. The molecular weight excluding hydrogens is 317 g/mol. The van der Waals surface area contributed by atoms with Crippen LogP contribution >= 0.6 is 0 Å². The predicted octanol–water partition coefficient (Wildman–Crippen LogP) is 5.16. The van der Waals surface area contributed by atoms with E-state index in [-0.39, 0.29) is 0 Å². The highest BCUT2D eigenvalue weighted by Gasteiger charge is 2.14. The van der Waals surface area contributed by atoms with Gasteiger partial charge in [0.15, 0.2) is 0 Å². The highest BCUT2D eigenvalue weighted by molar-refractivity contribution is 6.05. The van der Waals surface area contributed by atoms with E-state index in [1.54, 1.807) is 6.07 Å². The van der Waals surface area contributed by atoms with Gasteiger partial charge in [0.2, 0.25) is 11.7 Å². The van der Waals surface area contributed by atoms with Crippen molar-refractivity contribution in [1.82, 2.24) is 14.5 Å². The van der Waals surface area contributed by atoms with Gasteiger partial charge in [-0.25, -0.2) is 4.98 Å². The molecule has 0 radical (unpaired) electrons. The summed E-state index contributed by atoms with van der Waals surface area (Å²) >= 11 is 0. The van der Waals surface area contributed by atoms with Gasteiger partial charge in [0, 0.05) is 22.9 Å². The predicted molar refractivity (Wildman–Crippen MR) is 95.9 cm³/mol. The summed E-state index contributed by atoms with van der Waals surface area (Å²) in [5.41, 5.74) is 4.09. The number of hydrogen-bond donors (Lipinski definition) is 0. The third-order valence-corrected chi connectivity index (χ3v) is 4.53. The van der Waals surface area contributed by atoms with E-state index in [4.69, 9.17) is 9.40 Å². The number of fused-ring (bicyclic) bond motifs is 4. The first-order chi connectivity index (χ1) is 12.2. The molecule has 4 nitrogen and oxygen atoms in total. The number of aromatic nitrogens is 3. The zero-order chi connectivity index (χ0) is 17.0. The maximum atomic E-state index is 13.3. The van der Waals surface area contributed by atoms with Crippen LogP contribution in [0.15, 0.2) is 59.0 Å². The number of furan rings is 1. The van der Waals surface area contributed by atoms with Crippen molar-refractivity contribution in [3.63, 3.8) is 0 Å². The maximum Gasteiger partial charge on any atom is 0.229 e. The molecule has 0 amide bonds. The summed E-state index contributed by atoms with van der Waals surface area (Å²) < 4.78 is 21.2. The molecule has 0 bridgehead atoms. The Morgan fingerprint density at radius 3 is 2.76 bits per heavy atom. The van der Waals surface area contributed by atoms with E-state index in [9.17, 15) is 4.39 Å². The van der Waals surface area contributed by atoms with Crippen molar-refractivity contribution in [2.45, 2.75) is 13.5 Å². The molecule has 2 aromatic carbocycles. The van der Waals surface area contributed by atoms with Crippen LogP contribution < -0.4 is 0 Å². The summed E-state index contributed by atoms with van der Waals surface area (Å²) in [4.78, 5) is 8.63. The van der Waals surface area contributed by atoms with Gasteiger partial charge in [-0.1, -0.05) is 12.1 Å². The van der Waals surface area contributed by atoms with Crippen LogP contribution in [0.2, 0.25) is 0 Å². The minimum absolute atomic E-state index is 0.316. The second-order valence-corrected chi connectivity index (χ2v) is 5.97. The fourth-order valence-corrected chi connectivity index (χ4v) is 3.39. The van der Waals surface area contributed by atoms with E-state index < -0.39 is 5.95 Å². The van der Waals surface area contributed by atoms with Crippen LogP contribution in [0.25, 0.3) is 44.5 Å². The standard InChI is InChI=1S/C20H14FN3O/c1-2-24-16-6-4-3-5-15(16)22-19(24)12-7-9-17-14(11-12)13-8-10-18(21)23-20(13)25-17/h3-11H,2H2,1H3. The highest BCUT2D eigenvalue weighted by atomic mass is 19.1. The molecule has 5 rings (SSSR count). The van der Waals surface area contributed by atoms with Gasteiger partial charge in [0.1, 0.15) is 11.4 Å². The number of benzene rings is 2. The Hall–Kier alpha value is -3.21. The molecule has 3 heterocycles. The fourth-order valence-electron chi connectivity index (χ4n) is 3.39. The van der Waals surface area contributed by atoms with Gasteiger partial charge >= 0.3 is 0 Å². The van der Waals surface area contributed by atoms with Crippen LogP contribution in [-0.4, -0.2) is 14.5 Å². The number of halogens is 1. The lowest BCUT2D eigenvalue weighted by atomic mass is 10.1. The van der Waals surface area contributed by atoms with Crippen LogP contribution in [-0.2, 0) is 6.54 Å². The summed E-state index contributed by atoms with van der Waals surface area (Å²) in [6, 6.07) is 17.1. The Morgan fingerprint density at radius 1 is 1.00 bits per heavy atom. The molecule has 0 spiro atoms. The molecule has 25 heavy (non-hydrogen) atoms. The van der Waals surface area contributed by atoms with Gasteiger partial charge in [-0.15, -0.1) is 0 Å². The summed E-state index contributed by atoms with van der Waals surface area (Å²) in [6.07, 6.45) is 0. The molecule has 5 heteroatoms. The van der Waals surface area contributed by atoms with E-state index in [0.717, 1.165) is 39.7 Å². The van der Waals surface area contributed by atoms with Crippen molar-refractivity contribution < 1.29 is 8.81 Å². The Bertz CT molecular complexity index is 1250. The van der Waals surface area contributed by atoms with Crippen molar-refractivity contribution in [3.05, 3.63) is 60.5 Å². The minimum Gasteiger partial charge on any atom is -0.438 e. The average Bonchev–Trinajstić information content (AvgIpc) is 3.18. The number of para-hydroxylation sites is 2. The van der Waals surface area contributed by atoms with Crippen LogP contribution in [0.4, 0.5) is 4.39 Å². The van der Waals surface area contributed by atoms with Gasteiger partial charge < -0.3 is 8.98 Å². The highest BCUT2D eigenvalue weighted by Crippen LogP contribution is 2.32. The van der Waals surface area contributed by atoms with E-state index in [2.05, 4.69) is 22.5 Å². The van der Waals surface area contributed by atoms with Crippen LogP contribution in [0.5, 0.6) is 0 Å². The first-order valence-electron chi connectivity index (χ1n) is 8.19. The molecule has 0 aliphatic heterocycles. The van der Waals surface area contributed by atoms with Crippen molar-refractivity contribution in [3.8, 4) is 11.4 Å². The van der Waals surface area contributed by atoms with E-state index in [0.29, 0.717) is 11.3 Å². The third-order valence-electron chi connectivity index (χ3n) is 4.53. The number of aryl methyl sites for hydroxylation is 1. The minimum atomic E-state index is -0.542. The number of rotatable bonds is 2. The topological polar surface area (TPSA) is 43.9 Å². The summed E-state index contributed by atoms with van der Waals surface area (Å²) in [6.45, 7) is 2.93. The number of imidazole rings is 1. The summed E-state index contributed by atoms with van der Waals surface area (Å²) in [5, 5.41) is 1.71. The Labute approximate surface area is 142 Å². The molecule has 0 fully saturated rings. The van der Waals surface area contributed by atoms with Gasteiger partial charge in [0.05, 0.1) is 11.0 Å². The van der Waals surface area contributed by atoms with Crippen molar-refractivity contribution in [2.75, 3.05) is 0 Å². The average molecular weight is 331 g/mol. The first kappa shape index (κ1) is 14.2. The van der Waals surface area contributed by atoms with Crippen molar-refractivity contribution in [2.24, 2.45) is 0 Å². The lowest BCUT2D eigenvalue weighted by Gasteiger charge is -2.06. The zero-order valence-electron chi connectivity index (χ0n) is 13.5. The lowest BCUT2D eigenvalue weighted by molar-refractivity contribution is 0.569. The van der Waals surface area contributed by atoms with E-state index >= 15 is 0 Å².